The van der Waals surface area contributed by atoms with Crippen LogP contribution >= 0.6 is 12.6 Å². The van der Waals surface area contributed by atoms with Crippen LogP contribution in [-0.2, 0) is 4.79 Å². The number of likely N-dealkylation sites (tertiary alicyclic amines) is 1. The summed E-state index contributed by atoms with van der Waals surface area (Å²) < 4.78 is 0. The van der Waals surface area contributed by atoms with Crippen LogP contribution in [0.5, 0.6) is 0 Å². The van der Waals surface area contributed by atoms with Gasteiger partial charge in [-0.3, -0.25) is 9.69 Å². The Balaban J connectivity index is 1.71. The second-order valence-electron chi connectivity index (χ2n) is 4.68. The molecule has 2 heterocycles. The van der Waals surface area contributed by atoms with Crippen molar-refractivity contribution in [1.82, 2.24) is 15.1 Å². The average Bonchev–Trinajstić information content (AvgIpc) is 2.69. The second kappa shape index (κ2) is 5.89. The van der Waals surface area contributed by atoms with Crippen LogP contribution in [0.15, 0.2) is 0 Å². The number of thiol groups is 1. The molecule has 1 atom stereocenters. The second-order valence-corrected chi connectivity index (χ2v) is 5.05. The van der Waals surface area contributed by atoms with Gasteiger partial charge in [0.15, 0.2) is 0 Å². The summed E-state index contributed by atoms with van der Waals surface area (Å²) in [6.07, 6.45) is 0.699. The number of carbonyl (C=O) groups is 1. The van der Waals surface area contributed by atoms with E-state index < -0.39 is 0 Å². The predicted octanol–water partition coefficient (Wildman–Crippen LogP) is -0.330. The van der Waals surface area contributed by atoms with Gasteiger partial charge in [-0.05, 0) is 11.7 Å². The lowest BCUT2D eigenvalue weighted by atomic mass is 10.1. The van der Waals surface area contributed by atoms with Gasteiger partial charge in [0.05, 0.1) is 0 Å². The predicted molar refractivity (Wildman–Crippen MR) is 67.8 cm³/mol. The van der Waals surface area contributed by atoms with Crippen molar-refractivity contribution in [2.45, 2.75) is 6.42 Å². The lowest BCUT2D eigenvalue weighted by molar-refractivity contribution is -0.127. The lowest BCUT2D eigenvalue weighted by Gasteiger charge is -2.29. The monoisotopic (exact) mass is 243 g/mol. The van der Waals surface area contributed by atoms with Crippen molar-refractivity contribution in [3.63, 3.8) is 0 Å². The Morgan fingerprint density at radius 3 is 2.69 bits per heavy atom. The average molecular weight is 243 g/mol. The Labute approximate surface area is 103 Å². The van der Waals surface area contributed by atoms with Gasteiger partial charge >= 0.3 is 0 Å². The van der Waals surface area contributed by atoms with Crippen molar-refractivity contribution in [3.05, 3.63) is 0 Å². The number of nitrogens with one attached hydrogen (secondary N) is 1. The Morgan fingerprint density at radius 2 is 2.06 bits per heavy atom. The van der Waals surface area contributed by atoms with Gasteiger partial charge in [-0.25, -0.2) is 0 Å². The maximum Gasteiger partial charge on any atom is 0.222 e. The highest BCUT2D eigenvalue weighted by atomic mass is 32.1. The third-order valence-electron chi connectivity index (χ3n) is 3.45. The summed E-state index contributed by atoms with van der Waals surface area (Å²) in [6, 6.07) is 0. The van der Waals surface area contributed by atoms with Gasteiger partial charge < -0.3 is 10.2 Å². The molecule has 5 heteroatoms. The Bertz CT molecular complexity index is 243. The first-order chi connectivity index (χ1) is 7.79. The first-order valence-electron chi connectivity index (χ1n) is 6.11. The van der Waals surface area contributed by atoms with Gasteiger partial charge in [-0.15, -0.1) is 0 Å². The van der Waals surface area contributed by atoms with Crippen molar-refractivity contribution >= 4 is 18.5 Å². The molecule has 2 fully saturated rings. The zero-order chi connectivity index (χ0) is 11.4. The van der Waals surface area contributed by atoms with Gasteiger partial charge in [0, 0.05) is 52.2 Å². The zero-order valence-electron chi connectivity index (χ0n) is 9.69. The molecule has 1 amide bonds. The normalized spacial score (nSPS) is 27.7. The molecule has 0 radical (unpaired) electrons. The van der Waals surface area contributed by atoms with Gasteiger partial charge in [0.1, 0.15) is 0 Å². The van der Waals surface area contributed by atoms with E-state index in [2.05, 4.69) is 22.8 Å². The molecule has 0 spiro atoms. The molecule has 4 nitrogen and oxygen atoms in total. The van der Waals surface area contributed by atoms with Crippen LogP contribution < -0.4 is 5.32 Å². The van der Waals surface area contributed by atoms with E-state index in [1.807, 2.05) is 4.90 Å². The minimum Gasteiger partial charge on any atom is -0.341 e. The molecule has 1 unspecified atom stereocenters. The van der Waals surface area contributed by atoms with Crippen molar-refractivity contribution in [3.8, 4) is 0 Å². The number of rotatable bonds is 4. The van der Waals surface area contributed by atoms with Crippen molar-refractivity contribution in [1.29, 1.82) is 0 Å². The largest absolute Gasteiger partial charge is 0.341 e. The first-order valence-corrected chi connectivity index (χ1v) is 6.74. The number of piperazine rings is 1. The fraction of sp³-hybridized carbons (Fsp3) is 0.909. The topological polar surface area (TPSA) is 35.6 Å². The summed E-state index contributed by atoms with van der Waals surface area (Å²) >= 11 is 4.27. The van der Waals surface area contributed by atoms with Gasteiger partial charge in [0.2, 0.25) is 5.91 Å². The van der Waals surface area contributed by atoms with Gasteiger partial charge in [-0.1, -0.05) is 0 Å². The smallest absolute Gasteiger partial charge is 0.222 e. The number of nitrogens with zero attached hydrogens (tertiary/aromatic N) is 2. The van der Waals surface area contributed by atoms with E-state index in [4.69, 9.17) is 0 Å². The highest BCUT2D eigenvalue weighted by molar-refractivity contribution is 7.80. The molecular weight excluding hydrogens is 222 g/mol. The zero-order valence-corrected chi connectivity index (χ0v) is 10.6. The van der Waals surface area contributed by atoms with Gasteiger partial charge in [-0.2, -0.15) is 12.6 Å². The van der Waals surface area contributed by atoms with Crippen LogP contribution in [0.25, 0.3) is 0 Å². The molecule has 1 N–H and O–H groups in total. The van der Waals surface area contributed by atoms with Crippen molar-refractivity contribution in [2.24, 2.45) is 5.92 Å². The molecule has 0 aliphatic carbocycles. The van der Waals surface area contributed by atoms with Crippen LogP contribution in [0.4, 0.5) is 0 Å². The van der Waals surface area contributed by atoms with E-state index in [0.717, 1.165) is 51.6 Å². The quantitative estimate of drug-likeness (QED) is 0.664. The molecule has 2 rings (SSSR count). The van der Waals surface area contributed by atoms with E-state index in [0.29, 0.717) is 18.2 Å². The molecule has 92 valence electrons. The molecule has 2 aliphatic rings. The Kier molecular flexibility index (Phi) is 4.49. The van der Waals surface area contributed by atoms with Crippen LogP contribution in [0.1, 0.15) is 6.42 Å². The fourth-order valence-electron chi connectivity index (χ4n) is 2.39. The summed E-state index contributed by atoms with van der Waals surface area (Å²) in [4.78, 5) is 16.1. The maximum atomic E-state index is 11.7. The van der Waals surface area contributed by atoms with Crippen LogP contribution in [0.3, 0.4) is 0 Å². The fourth-order valence-corrected chi connectivity index (χ4v) is 2.63. The third-order valence-corrected chi connectivity index (χ3v) is 3.96. The molecule has 0 bridgehead atoms. The molecule has 0 aromatic heterocycles. The third kappa shape index (κ3) is 3.12. The van der Waals surface area contributed by atoms with E-state index in [-0.39, 0.29) is 0 Å². The van der Waals surface area contributed by atoms with Crippen molar-refractivity contribution < 1.29 is 4.79 Å². The molecule has 2 aliphatic heterocycles. The van der Waals surface area contributed by atoms with Gasteiger partial charge in [0.25, 0.3) is 0 Å². The molecule has 16 heavy (non-hydrogen) atoms. The Hall–Kier alpha value is -0.260. The summed E-state index contributed by atoms with van der Waals surface area (Å²) in [5.41, 5.74) is 0. The minimum atomic E-state index is 0.314. The first kappa shape index (κ1) is 12.2. The summed E-state index contributed by atoms with van der Waals surface area (Å²) in [5, 5.41) is 3.34. The number of hydrogen-bond acceptors (Lipinski definition) is 4. The minimum absolute atomic E-state index is 0.314. The summed E-state index contributed by atoms with van der Waals surface area (Å²) in [6.45, 7) is 7.20. The number of carbonyl (C=O) groups excluding carboxylic acids is 1. The maximum absolute atomic E-state index is 11.7. The van der Waals surface area contributed by atoms with Crippen LogP contribution in [0.2, 0.25) is 0 Å². The summed E-state index contributed by atoms with van der Waals surface area (Å²) in [7, 11) is 0. The van der Waals surface area contributed by atoms with Crippen LogP contribution in [0, 0.1) is 5.92 Å². The lowest BCUT2D eigenvalue weighted by Crippen LogP contribution is -2.46. The van der Waals surface area contributed by atoms with Crippen molar-refractivity contribution in [2.75, 3.05) is 51.6 Å². The molecule has 2 saturated heterocycles. The van der Waals surface area contributed by atoms with E-state index in [1.54, 1.807) is 0 Å². The molecule has 0 saturated carbocycles. The molecule has 0 aromatic carbocycles. The SMILES string of the molecule is O=C1CC(CS)CN1CCN1CCNCC1. The van der Waals surface area contributed by atoms with E-state index in [1.165, 1.54) is 0 Å². The highest BCUT2D eigenvalue weighted by Crippen LogP contribution is 2.18. The van der Waals surface area contributed by atoms with E-state index >= 15 is 0 Å². The Morgan fingerprint density at radius 1 is 1.31 bits per heavy atom. The summed E-state index contributed by atoms with van der Waals surface area (Å²) in [5.74, 6) is 1.61. The standard InChI is InChI=1S/C11H21N3OS/c15-11-7-10(9-16)8-14(11)6-5-13-3-1-12-2-4-13/h10,12,16H,1-9H2. The number of amides is 1. The van der Waals surface area contributed by atoms with Crippen LogP contribution in [-0.4, -0.2) is 67.3 Å². The molecule has 0 aromatic rings. The van der Waals surface area contributed by atoms with E-state index in [9.17, 15) is 4.79 Å². The molecular formula is C11H21N3OS. The number of hydrogen-bond donors (Lipinski definition) is 2. The highest BCUT2D eigenvalue weighted by Gasteiger charge is 2.28.